The van der Waals surface area contributed by atoms with Gasteiger partial charge in [0.2, 0.25) is 0 Å². The van der Waals surface area contributed by atoms with Crippen LogP contribution < -0.4 is 0 Å². The topological polar surface area (TPSA) is 46.5 Å². The second kappa shape index (κ2) is 7.03. The first kappa shape index (κ1) is 13.7. The van der Waals surface area contributed by atoms with Crippen molar-refractivity contribution in [2.75, 3.05) is 4.61 Å². The van der Waals surface area contributed by atoms with Gasteiger partial charge in [0, 0.05) is 6.42 Å². The van der Waals surface area contributed by atoms with Crippen LogP contribution in [0.5, 0.6) is 0 Å². The summed E-state index contributed by atoms with van der Waals surface area (Å²) in [6, 6.07) is 7.02. The summed E-state index contributed by atoms with van der Waals surface area (Å²) in [6.45, 7) is 3.79. The predicted octanol–water partition coefficient (Wildman–Crippen LogP) is 3.12. The largest absolute Gasteiger partial charge is 0.488 e. The minimum absolute atomic E-state index is 0.422. The van der Waals surface area contributed by atoms with Crippen molar-refractivity contribution < 1.29 is 13.5 Å². The maximum absolute atomic E-state index is 10.7. The molecule has 0 fully saturated rings. The van der Waals surface area contributed by atoms with Crippen molar-refractivity contribution in [1.29, 1.82) is 0 Å². The predicted molar refractivity (Wildman–Crippen MR) is 72.9 cm³/mol. The van der Waals surface area contributed by atoms with Gasteiger partial charge < -0.3 is 9.29 Å². The number of benzene rings is 1. The number of allylic oxidation sites excluding steroid dienone is 1. The van der Waals surface area contributed by atoms with Crippen LogP contribution in [0.2, 0.25) is 0 Å². The monoisotopic (exact) mass is 352 g/mol. The maximum atomic E-state index is 10.7. The summed E-state index contributed by atoms with van der Waals surface area (Å²) < 4.78 is 25.4. The fourth-order valence-electron chi connectivity index (χ4n) is 1.21. The Labute approximate surface area is 111 Å². The Hall–Kier alpha value is -0.400. The van der Waals surface area contributed by atoms with E-state index in [0.717, 1.165) is 24.2 Å². The van der Waals surface area contributed by atoms with Crippen LogP contribution in [0.1, 0.15) is 12.0 Å². The zero-order chi connectivity index (χ0) is 12.0. The summed E-state index contributed by atoms with van der Waals surface area (Å²) in [5.74, 6) is 0.768. The van der Waals surface area contributed by atoms with E-state index in [4.69, 9.17) is 9.29 Å². The molecule has 0 amide bonds. The van der Waals surface area contributed by atoms with Crippen LogP contribution in [0.15, 0.2) is 41.5 Å². The number of aryl methyl sites for hydroxylation is 1. The van der Waals surface area contributed by atoms with E-state index in [0.29, 0.717) is 9.51 Å². The van der Waals surface area contributed by atoms with Gasteiger partial charge in [0.25, 0.3) is 0 Å². The first-order valence-electron chi connectivity index (χ1n) is 4.70. The average Bonchev–Trinajstić information content (AvgIpc) is 2.27. The van der Waals surface area contributed by atoms with E-state index >= 15 is 0 Å². The highest BCUT2D eigenvalue weighted by molar-refractivity contribution is 14.1. The van der Waals surface area contributed by atoms with E-state index in [1.165, 1.54) is 0 Å². The molecule has 1 rings (SSSR count). The molecule has 1 aromatic carbocycles. The maximum Gasteiger partial charge on any atom is 0.186 e. The van der Waals surface area contributed by atoms with Crippen molar-refractivity contribution in [1.82, 2.24) is 0 Å². The molecule has 0 spiro atoms. The van der Waals surface area contributed by atoms with E-state index in [1.807, 2.05) is 12.1 Å². The lowest BCUT2D eigenvalue weighted by Gasteiger charge is -2.06. The number of halogens is 1. The van der Waals surface area contributed by atoms with Crippen molar-refractivity contribution in [3.8, 4) is 0 Å². The van der Waals surface area contributed by atoms with Crippen LogP contribution in [-0.2, 0) is 22.2 Å². The van der Waals surface area contributed by atoms with E-state index in [2.05, 4.69) is 29.2 Å². The van der Waals surface area contributed by atoms with Gasteiger partial charge in [-0.25, -0.2) is 4.21 Å². The lowest BCUT2D eigenvalue weighted by Crippen LogP contribution is -1.93. The third kappa shape index (κ3) is 4.63. The SMILES string of the molecule is C=C(CCc1ccc(S(=O)O)cc1)OCI. The molecule has 88 valence electrons. The minimum Gasteiger partial charge on any atom is -0.488 e. The highest BCUT2D eigenvalue weighted by Gasteiger charge is 2.01. The van der Waals surface area contributed by atoms with Gasteiger partial charge in [-0.05, 0) is 46.7 Å². The van der Waals surface area contributed by atoms with Crippen molar-refractivity contribution in [3.63, 3.8) is 0 Å². The van der Waals surface area contributed by atoms with E-state index in [9.17, 15) is 4.21 Å². The summed E-state index contributed by atoms with van der Waals surface area (Å²) >= 11 is 0.228. The summed E-state index contributed by atoms with van der Waals surface area (Å²) in [5, 5.41) is 0. The van der Waals surface area contributed by atoms with Gasteiger partial charge in [0.1, 0.15) is 4.61 Å². The van der Waals surface area contributed by atoms with Crippen LogP contribution in [0.3, 0.4) is 0 Å². The lowest BCUT2D eigenvalue weighted by atomic mass is 10.1. The Bertz CT molecular complexity index is 375. The number of alkyl halides is 1. The van der Waals surface area contributed by atoms with Gasteiger partial charge in [-0.2, -0.15) is 0 Å². The number of rotatable bonds is 6. The van der Waals surface area contributed by atoms with E-state index < -0.39 is 11.1 Å². The summed E-state index contributed by atoms with van der Waals surface area (Å²) in [5.41, 5.74) is 1.10. The third-order valence-electron chi connectivity index (χ3n) is 2.08. The Kier molecular flexibility index (Phi) is 6.00. The van der Waals surface area contributed by atoms with Gasteiger partial charge in [-0.3, -0.25) is 0 Å². The fourth-order valence-corrected chi connectivity index (χ4v) is 2.01. The molecule has 0 heterocycles. The molecule has 1 N–H and O–H groups in total. The van der Waals surface area contributed by atoms with Crippen molar-refractivity contribution in [2.24, 2.45) is 0 Å². The van der Waals surface area contributed by atoms with Crippen molar-refractivity contribution in [3.05, 3.63) is 42.2 Å². The molecule has 0 bridgehead atoms. The molecular formula is C11H13IO3S. The quantitative estimate of drug-likeness (QED) is 0.370. The van der Waals surface area contributed by atoms with Gasteiger partial charge in [-0.1, -0.05) is 18.7 Å². The molecule has 1 unspecified atom stereocenters. The highest BCUT2D eigenvalue weighted by atomic mass is 127. The zero-order valence-corrected chi connectivity index (χ0v) is 11.7. The molecule has 0 aromatic heterocycles. The average molecular weight is 352 g/mol. The van der Waals surface area contributed by atoms with Crippen LogP contribution in [0.25, 0.3) is 0 Å². The highest BCUT2D eigenvalue weighted by Crippen LogP contribution is 2.12. The smallest absolute Gasteiger partial charge is 0.186 e. The molecular weight excluding hydrogens is 339 g/mol. The number of hydrogen-bond donors (Lipinski definition) is 1. The standard InChI is InChI=1S/C11H13IO3S/c1-9(15-8-12)2-3-10-4-6-11(7-5-10)16(13)14/h4-7H,1-3,8H2,(H,13,14). The second-order valence-electron chi connectivity index (χ2n) is 3.19. The molecule has 0 aliphatic rings. The molecule has 0 aliphatic carbocycles. The van der Waals surface area contributed by atoms with E-state index in [1.54, 1.807) is 12.1 Å². The molecule has 3 nitrogen and oxygen atoms in total. The molecule has 16 heavy (non-hydrogen) atoms. The fraction of sp³-hybridized carbons (Fsp3) is 0.273. The number of hydrogen-bond acceptors (Lipinski definition) is 2. The summed E-state index contributed by atoms with van der Waals surface area (Å²) in [4.78, 5) is 0.422. The zero-order valence-electron chi connectivity index (χ0n) is 8.69. The normalized spacial score (nSPS) is 12.1. The number of ether oxygens (including phenoxy) is 1. The lowest BCUT2D eigenvalue weighted by molar-refractivity contribution is 0.270. The van der Waals surface area contributed by atoms with Gasteiger partial charge >= 0.3 is 0 Å². The first-order valence-corrected chi connectivity index (χ1v) is 7.33. The van der Waals surface area contributed by atoms with Crippen LogP contribution >= 0.6 is 22.6 Å². The molecule has 0 aliphatic heterocycles. The Balaban J connectivity index is 2.49. The Morgan fingerprint density at radius 2 is 2.06 bits per heavy atom. The summed E-state index contributed by atoms with van der Waals surface area (Å²) in [6.07, 6.45) is 1.60. The van der Waals surface area contributed by atoms with Gasteiger partial charge in [0.15, 0.2) is 11.1 Å². The van der Waals surface area contributed by atoms with Crippen LogP contribution in [0.4, 0.5) is 0 Å². The van der Waals surface area contributed by atoms with Gasteiger partial charge in [-0.15, -0.1) is 0 Å². The molecule has 0 radical (unpaired) electrons. The summed E-state index contributed by atoms with van der Waals surface area (Å²) in [7, 11) is 0. The molecule has 5 heteroatoms. The molecule has 1 atom stereocenters. The molecule has 1 aromatic rings. The van der Waals surface area contributed by atoms with Crippen LogP contribution in [-0.4, -0.2) is 13.4 Å². The first-order chi connectivity index (χ1) is 7.63. The Morgan fingerprint density at radius 1 is 1.44 bits per heavy atom. The Morgan fingerprint density at radius 3 is 2.56 bits per heavy atom. The van der Waals surface area contributed by atoms with Crippen molar-refractivity contribution in [2.45, 2.75) is 17.7 Å². The van der Waals surface area contributed by atoms with Crippen LogP contribution in [0, 0.1) is 0 Å². The minimum atomic E-state index is -1.90. The molecule has 0 saturated carbocycles. The molecule has 0 saturated heterocycles. The van der Waals surface area contributed by atoms with Crippen molar-refractivity contribution >= 4 is 33.7 Å². The van der Waals surface area contributed by atoms with Gasteiger partial charge in [0.05, 0.1) is 10.7 Å². The second-order valence-corrected chi connectivity index (χ2v) is 4.78. The third-order valence-corrected chi connectivity index (χ3v) is 3.06. The van der Waals surface area contributed by atoms with E-state index in [-0.39, 0.29) is 0 Å².